The van der Waals surface area contributed by atoms with Gasteiger partial charge in [0.05, 0.1) is 11.2 Å². The first-order chi connectivity index (χ1) is 9.29. The van der Waals surface area contributed by atoms with Crippen LogP contribution in [0.25, 0.3) is 0 Å². The molecule has 0 aromatic carbocycles. The minimum Gasteiger partial charge on any atom is -0.369 e. The molecule has 1 saturated carbocycles. The van der Waals surface area contributed by atoms with Gasteiger partial charge < -0.3 is 4.74 Å². The molecule has 2 aliphatic rings. The Labute approximate surface area is 125 Å². The largest absolute Gasteiger partial charge is 0.369 e. The number of rotatable bonds is 4. The first-order valence-electron chi connectivity index (χ1n) is 8.45. The Balaban J connectivity index is 2.05. The third-order valence-electron chi connectivity index (χ3n) is 5.75. The van der Waals surface area contributed by atoms with Crippen LogP contribution in [-0.4, -0.2) is 17.2 Å². The molecule has 3 N–H and O–H groups in total. The molecule has 2 rings (SSSR count). The third kappa shape index (κ3) is 3.37. The molecule has 2 fully saturated rings. The Bertz CT molecular complexity index is 319. The zero-order chi connectivity index (χ0) is 15.0. The van der Waals surface area contributed by atoms with Gasteiger partial charge in [0, 0.05) is 12.0 Å². The van der Waals surface area contributed by atoms with Gasteiger partial charge in [-0.1, -0.05) is 26.2 Å². The summed E-state index contributed by atoms with van der Waals surface area (Å²) < 4.78 is 6.27. The van der Waals surface area contributed by atoms with Gasteiger partial charge >= 0.3 is 0 Å². The molecule has 1 aliphatic carbocycles. The van der Waals surface area contributed by atoms with Crippen molar-refractivity contribution in [1.82, 2.24) is 5.43 Å². The molecule has 2 unspecified atom stereocenters. The van der Waals surface area contributed by atoms with Crippen LogP contribution in [0.15, 0.2) is 0 Å². The van der Waals surface area contributed by atoms with E-state index in [2.05, 4.69) is 40.0 Å². The minimum absolute atomic E-state index is 0.0239. The van der Waals surface area contributed by atoms with Crippen LogP contribution in [0.1, 0.15) is 73.1 Å². The number of hydrogen-bond acceptors (Lipinski definition) is 3. The highest BCUT2D eigenvalue weighted by molar-refractivity contribution is 5.01. The van der Waals surface area contributed by atoms with Crippen molar-refractivity contribution in [2.75, 3.05) is 0 Å². The molecule has 0 amide bonds. The van der Waals surface area contributed by atoms with Crippen molar-refractivity contribution in [3.05, 3.63) is 0 Å². The fourth-order valence-corrected chi connectivity index (χ4v) is 4.70. The summed E-state index contributed by atoms with van der Waals surface area (Å²) >= 11 is 0. The van der Waals surface area contributed by atoms with E-state index in [-0.39, 0.29) is 11.2 Å². The van der Waals surface area contributed by atoms with Gasteiger partial charge in [-0.05, 0) is 58.8 Å². The average molecular weight is 282 g/mol. The summed E-state index contributed by atoms with van der Waals surface area (Å²) in [4.78, 5) is 0. The second-order valence-electron chi connectivity index (χ2n) is 8.16. The van der Waals surface area contributed by atoms with Gasteiger partial charge in [-0.25, -0.2) is 0 Å². The van der Waals surface area contributed by atoms with Crippen molar-refractivity contribution < 1.29 is 4.74 Å². The Morgan fingerprint density at radius 1 is 1.15 bits per heavy atom. The van der Waals surface area contributed by atoms with E-state index in [9.17, 15) is 0 Å². The van der Waals surface area contributed by atoms with E-state index in [1.807, 2.05) is 0 Å². The highest BCUT2D eigenvalue weighted by Crippen LogP contribution is 2.47. The second-order valence-corrected chi connectivity index (χ2v) is 8.16. The lowest BCUT2D eigenvalue weighted by atomic mass is 9.70. The van der Waals surface area contributed by atoms with Crippen molar-refractivity contribution in [3.63, 3.8) is 0 Å². The van der Waals surface area contributed by atoms with Crippen molar-refractivity contribution in [1.29, 1.82) is 0 Å². The second kappa shape index (κ2) is 5.94. The molecular formula is C17H34N2O. The molecule has 1 saturated heterocycles. The maximum Gasteiger partial charge on any atom is 0.0678 e. The lowest BCUT2D eigenvalue weighted by molar-refractivity contribution is -0.0804. The molecule has 0 radical (unpaired) electrons. The summed E-state index contributed by atoms with van der Waals surface area (Å²) in [6.07, 6.45) is 7.81. The standard InChI is InChI=1S/C17H34N2O/c1-6-12-7-9-13(10-8-12)15(19-18)14-11-16(2,3)20-17(14,4)5/h12-15,19H,6-11,18H2,1-5H3. The molecule has 0 bridgehead atoms. The van der Waals surface area contributed by atoms with E-state index in [1.54, 1.807) is 0 Å². The van der Waals surface area contributed by atoms with Crippen molar-refractivity contribution in [2.45, 2.75) is 90.4 Å². The van der Waals surface area contributed by atoms with Crippen LogP contribution in [0.3, 0.4) is 0 Å². The Hall–Kier alpha value is -0.120. The summed E-state index contributed by atoms with van der Waals surface area (Å²) in [5.41, 5.74) is 3.05. The Kier molecular flexibility index (Phi) is 4.83. The lowest BCUT2D eigenvalue weighted by Crippen LogP contribution is -2.51. The Morgan fingerprint density at radius 3 is 2.15 bits per heavy atom. The normalized spacial score (nSPS) is 37.8. The zero-order valence-corrected chi connectivity index (χ0v) is 14.0. The smallest absolute Gasteiger partial charge is 0.0678 e. The molecule has 1 heterocycles. The molecule has 20 heavy (non-hydrogen) atoms. The summed E-state index contributed by atoms with van der Waals surface area (Å²) in [5, 5.41) is 0. The molecule has 1 aliphatic heterocycles. The van der Waals surface area contributed by atoms with Crippen LogP contribution in [0, 0.1) is 17.8 Å². The van der Waals surface area contributed by atoms with Gasteiger partial charge in [0.2, 0.25) is 0 Å². The summed E-state index contributed by atoms with van der Waals surface area (Å²) in [6.45, 7) is 11.2. The molecular weight excluding hydrogens is 248 g/mol. The van der Waals surface area contributed by atoms with E-state index in [0.29, 0.717) is 17.9 Å². The predicted octanol–water partition coefficient (Wildman–Crippen LogP) is 3.63. The summed E-state index contributed by atoms with van der Waals surface area (Å²) in [6, 6.07) is 0.393. The van der Waals surface area contributed by atoms with Crippen LogP contribution < -0.4 is 11.3 Å². The maximum atomic E-state index is 6.27. The fourth-order valence-electron chi connectivity index (χ4n) is 4.70. The molecule has 118 valence electrons. The summed E-state index contributed by atoms with van der Waals surface area (Å²) in [7, 11) is 0. The molecule has 3 heteroatoms. The van der Waals surface area contributed by atoms with Gasteiger partial charge in [-0.3, -0.25) is 11.3 Å². The van der Waals surface area contributed by atoms with E-state index in [4.69, 9.17) is 10.6 Å². The van der Waals surface area contributed by atoms with Gasteiger partial charge in [0.1, 0.15) is 0 Å². The van der Waals surface area contributed by atoms with Crippen LogP contribution in [0.2, 0.25) is 0 Å². The first-order valence-corrected chi connectivity index (χ1v) is 8.45. The van der Waals surface area contributed by atoms with Crippen LogP contribution in [-0.2, 0) is 4.74 Å². The van der Waals surface area contributed by atoms with Crippen LogP contribution in [0.5, 0.6) is 0 Å². The summed E-state index contributed by atoms with van der Waals surface area (Å²) in [5.74, 6) is 8.11. The van der Waals surface area contributed by atoms with E-state index < -0.39 is 0 Å². The fraction of sp³-hybridized carbons (Fsp3) is 1.00. The molecule has 3 nitrogen and oxygen atoms in total. The number of nitrogens with one attached hydrogen (secondary N) is 1. The topological polar surface area (TPSA) is 47.3 Å². The van der Waals surface area contributed by atoms with Gasteiger partial charge in [0.25, 0.3) is 0 Å². The average Bonchev–Trinajstić information content (AvgIpc) is 2.59. The monoisotopic (exact) mass is 282 g/mol. The van der Waals surface area contributed by atoms with E-state index in [1.165, 1.54) is 32.1 Å². The van der Waals surface area contributed by atoms with Crippen LogP contribution in [0.4, 0.5) is 0 Å². The van der Waals surface area contributed by atoms with Crippen molar-refractivity contribution in [3.8, 4) is 0 Å². The maximum absolute atomic E-state index is 6.27. The number of hydrazine groups is 1. The molecule has 0 aromatic heterocycles. The number of nitrogens with two attached hydrogens (primary N) is 1. The molecule has 0 aromatic rings. The SMILES string of the molecule is CCC1CCC(C(NN)C2CC(C)(C)OC2(C)C)CC1. The predicted molar refractivity (Wildman–Crippen MR) is 84.2 cm³/mol. The molecule has 2 atom stereocenters. The first kappa shape index (κ1) is 16.3. The van der Waals surface area contributed by atoms with Crippen molar-refractivity contribution >= 4 is 0 Å². The van der Waals surface area contributed by atoms with Gasteiger partial charge in [0.15, 0.2) is 0 Å². The van der Waals surface area contributed by atoms with Crippen LogP contribution >= 0.6 is 0 Å². The van der Waals surface area contributed by atoms with Gasteiger partial charge in [-0.2, -0.15) is 0 Å². The highest BCUT2D eigenvalue weighted by atomic mass is 16.5. The van der Waals surface area contributed by atoms with E-state index in [0.717, 1.165) is 12.3 Å². The number of ether oxygens (including phenoxy) is 1. The highest BCUT2D eigenvalue weighted by Gasteiger charge is 2.50. The molecule has 0 spiro atoms. The van der Waals surface area contributed by atoms with E-state index >= 15 is 0 Å². The lowest BCUT2D eigenvalue weighted by Gasteiger charge is -2.40. The quantitative estimate of drug-likeness (QED) is 0.611. The number of hydrogen-bond donors (Lipinski definition) is 2. The van der Waals surface area contributed by atoms with Gasteiger partial charge in [-0.15, -0.1) is 0 Å². The zero-order valence-electron chi connectivity index (χ0n) is 14.0. The minimum atomic E-state index is -0.0812. The Morgan fingerprint density at radius 2 is 1.75 bits per heavy atom. The third-order valence-corrected chi connectivity index (χ3v) is 5.75. The van der Waals surface area contributed by atoms with Crippen molar-refractivity contribution in [2.24, 2.45) is 23.6 Å².